The molecule has 2 aromatic rings. The molecule has 0 unspecified atom stereocenters. The Balaban J connectivity index is 2.18. The first kappa shape index (κ1) is 14.7. The molecule has 19 heavy (non-hydrogen) atoms. The fourth-order valence-corrected chi connectivity index (χ4v) is 3.00. The van der Waals surface area contributed by atoms with Crippen molar-refractivity contribution in [1.82, 2.24) is 4.98 Å². The quantitative estimate of drug-likeness (QED) is 0.901. The van der Waals surface area contributed by atoms with Gasteiger partial charge in [0.2, 0.25) is 5.91 Å². The number of hydrogen-bond donors (Lipinski definition) is 1. The average Bonchev–Trinajstić information content (AvgIpc) is 2.77. The second-order valence-electron chi connectivity index (χ2n) is 3.64. The Morgan fingerprint density at radius 2 is 2.26 bits per heavy atom. The zero-order valence-corrected chi connectivity index (χ0v) is 13.1. The van der Waals surface area contributed by atoms with Crippen molar-refractivity contribution in [2.45, 2.75) is 0 Å². The van der Waals surface area contributed by atoms with Crippen LogP contribution in [0.2, 0.25) is 10.0 Å². The van der Waals surface area contributed by atoms with Crippen LogP contribution in [0.4, 0.5) is 5.13 Å². The van der Waals surface area contributed by atoms with Gasteiger partial charge in [0.05, 0.1) is 16.5 Å². The van der Waals surface area contributed by atoms with Gasteiger partial charge in [-0.1, -0.05) is 23.2 Å². The standard InChI is InChI=1S/C12H10Cl2N2OS2/c1-18-6-11(17)16-12-15-10(5-19-12)8-3-2-7(13)4-9(8)14/h2-5H,6H2,1H3,(H,15,16,17). The summed E-state index contributed by atoms with van der Waals surface area (Å²) in [5.41, 5.74) is 1.53. The van der Waals surface area contributed by atoms with Gasteiger partial charge >= 0.3 is 0 Å². The van der Waals surface area contributed by atoms with E-state index in [2.05, 4.69) is 10.3 Å². The fraction of sp³-hybridized carbons (Fsp3) is 0.167. The van der Waals surface area contributed by atoms with Gasteiger partial charge in [-0.2, -0.15) is 11.8 Å². The van der Waals surface area contributed by atoms with Gasteiger partial charge in [-0.3, -0.25) is 4.79 Å². The van der Waals surface area contributed by atoms with Crippen molar-refractivity contribution < 1.29 is 4.79 Å². The molecule has 7 heteroatoms. The molecule has 0 aliphatic heterocycles. The summed E-state index contributed by atoms with van der Waals surface area (Å²) in [6.45, 7) is 0. The van der Waals surface area contributed by atoms with Crippen LogP contribution >= 0.6 is 46.3 Å². The lowest BCUT2D eigenvalue weighted by Gasteiger charge is -2.01. The maximum atomic E-state index is 11.5. The molecule has 1 heterocycles. The predicted octanol–water partition coefficient (Wildman–Crippen LogP) is 4.42. The molecule has 1 amide bonds. The Bertz CT molecular complexity index is 601. The van der Waals surface area contributed by atoms with E-state index in [-0.39, 0.29) is 5.91 Å². The highest BCUT2D eigenvalue weighted by molar-refractivity contribution is 7.99. The highest BCUT2D eigenvalue weighted by Crippen LogP contribution is 2.32. The van der Waals surface area contributed by atoms with Crippen LogP contribution in [0.3, 0.4) is 0 Å². The van der Waals surface area contributed by atoms with E-state index in [0.717, 1.165) is 11.3 Å². The molecule has 0 atom stereocenters. The average molecular weight is 333 g/mol. The zero-order valence-electron chi connectivity index (χ0n) is 9.94. The SMILES string of the molecule is CSCC(=O)Nc1nc(-c2ccc(Cl)cc2Cl)cs1. The van der Waals surface area contributed by atoms with E-state index < -0.39 is 0 Å². The fourth-order valence-electron chi connectivity index (χ4n) is 1.44. The molecule has 0 bridgehead atoms. The van der Waals surface area contributed by atoms with Crippen molar-refractivity contribution in [3.8, 4) is 11.3 Å². The molecule has 2 rings (SSSR count). The maximum Gasteiger partial charge on any atom is 0.236 e. The Hall–Kier alpha value is -0.750. The van der Waals surface area contributed by atoms with Crippen LogP contribution in [-0.2, 0) is 4.79 Å². The largest absolute Gasteiger partial charge is 0.301 e. The van der Waals surface area contributed by atoms with Crippen LogP contribution in [0.25, 0.3) is 11.3 Å². The summed E-state index contributed by atoms with van der Waals surface area (Å²) in [5.74, 6) is 0.354. The number of carbonyl (C=O) groups excluding carboxylic acids is 1. The second kappa shape index (κ2) is 6.61. The Morgan fingerprint density at radius 3 is 2.95 bits per heavy atom. The van der Waals surface area contributed by atoms with E-state index in [1.165, 1.54) is 23.1 Å². The number of carbonyl (C=O) groups is 1. The van der Waals surface area contributed by atoms with E-state index in [4.69, 9.17) is 23.2 Å². The van der Waals surface area contributed by atoms with Crippen LogP contribution in [0.1, 0.15) is 0 Å². The van der Waals surface area contributed by atoms with Crippen molar-refractivity contribution in [1.29, 1.82) is 0 Å². The van der Waals surface area contributed by atoms with E-state index in [0.29, 0.717) is 20.9 Å². The lowest BCUT2D eigenvalue weighted by Crippen LogP contribution is -2.13. The molecule has 1 N–H and O–H groups in total. The minimum Gasteiger partial charge on any atom is -0.301 e. The Labute approximate surface area is 129 Å². The van der Waals surface area contributed by atoms with Crippen LogP contribution in [0, 0.1) is 0 Å². The minimum absolute atomic E-state index is 0.0596. The molecule has 0 saturated heterocycles. The summed E-state index contributed by atoms with van der Waals surface area (Å²) in [5, 5.41) is 6.29. The molecule has 1 aromatic carbocycles. The molecule has 0 saturated carbocycles. The van der Waals surface area contributed by atoms with Gasteiger partial charge in [0.15, 0.2) is 5.13 Å². The summed E-state index contributed by atoms with van der Waals surface area (Å²) >= 11 is 14.8. The summed E-state index contributed by atoms with van der Waals surface area (Å²) in [6.07, 6.45) is 1.88. The number of nitrogens with zero attached hydrogens (tertiary/aromatic N) is 1. The Kier molecular flexibility index (Phi) is 5.10. The number of halogens is 2. The number of benzene rings is 1. The maximum absolute atomic E-state index is 11.5. The third-order valence-corrected chi connectivity index (χ3v) is 4.09. The number of aromatic nitrogens is 1. The lowest BCUT2D eigenvalue weighted by molar-refractivity contribution is -0.113. The third kappa shape index (κ3) is 3.86. The number of thiazole rings is 1. The second-order valence-corrected chi connectivity index (χ2v) is 6.21. The summed E-state index contributed by atoms with van der Waals surface area (Å²) in [7, 11) is 0. The Morgan fingerprint density at radius 1 is 1.47 bits per heavy atom. The number of hydrogen-bond acceptors (Lipinski definition) is 4. The molecule has 3 nitrogen and oxygen atoms in total. The predicted molar refractivity (Wildman–Crippen MR) is 84.6 cm³/mol. The first-order chi connectivity index (χ1) is 9.10. The van der Waals surface area contributed by atoms with Crippen LogP contribution in [0.15, 0.2) is 23.6 Å². The van der Waals surface area contributed by atoms with Crippen LogP contribution < -0.4 is 5.32 Å². The first-order valence-electron chi connectivity index (χ1n) is 5.30. The normalized spacial score (nSPS) is 10.5. The number of nitrogens with one attached hydrogen (secondary N) is 1. The molecule has 0 aliphatic rings. The van der Waals surface area contributed by atoms with Crippen LogP contribution in [0.5, 0.6) is 0 Å². The van der Waals surface area contributed by atoms with E-state index in [1.54, 1.807) is 12.1 Å². The summed E-state index contributed by atoms with van der Waals surface area (Å²) in [6, 6.07) is 5.24. The lowest BCUT2D eigenvalue weighted by atomic mass is 10.2. The topological polar surface area (TPSA) is 42.0 Å². The van der Waals surface area contributed by atoms with Crippen molar-refractivity contribution >= 4 is 57.3 Å². The molecule has 0 aliphatic carbocycles. The minimum atomic E-state index is -0.0596. The van der Waals surface area contributed by atoms with E-state index in [9.17, 15) is 4.79 Å². The van der Waals surface area contributed by atoms with Crippen molar-refractivity contribution in [2.24, 2.45) is 0 Å². The van der Waals surface area contributed by atoms with Crippen molar-refractivity contribution in [3.63, 3.8) is 0 Å². The number of thioether (sulfide) groups is 1. The summed E-state index contributed by atoms with van der Waals surface area (Å²) < 4.78 is 0. The van der Waals surface area contributed by atoms with E-state index >= 15 is 0 Å². The van der Waals surface area contributed by atoms with Crippen molar-refractivity contribution in [3.05, 3.63) is 33.6 Å². The number of anilines is 1. The molecule has 0 spiro atoms. The van der Waals surface area contributed by atoms with Gasteiger partial charge in [0, 0.05) is 16.0 Å². The third-order valence-electron chi connectivity index (χ3n) is 2.23. The van der Waals surface area contributed by atoms with Gasteiger partial charge in [-0.15, -0.1) is 11.3 Å². The van der Waals surface area contributed by atoms with Gasteiger partial charge < -0.3 is 5.32 Å². The first-order valence-corrected chi connectivity index (χ1v) is 8.33. The molecule has 0 fully saturated rings. The molecule has 0 radical (unpaired) electrons. The van der Waals surface area contributed by atoms with Gasteiger partial charge in [-0.05, 0) is 24.5 Å². The number of rotatable bonds is 4. The number of amides is 1. The van der Waals surface area contributed by atoms with Gasteiger partial charge in [0.25, 0.3) is 0 Å². The highest BCUT2D eigenvalue weighted by Gasteiger charge is 2.10. The zero-order chi connectivity index (χ0) is 13.8. The smallest absolute Gasteiger partial charge is 0.236 e. The van der Waals surface area contributed by atoms with Gasteiger partial charge in [-0.25, -0.2) is 4.98 Å². The molecular weight excluding hydrogens is 323 g/mol. The highest BCUT2D eigenvalue weighted by atomic mass is 35.5. The van der Waals surface area contributed by atoms with Gasteiger partial charge in [0.1, 0.15) is 0 Å². The molecule has 100 valence electrons. The summed E-state index contributed by atoms with van der Waals surface area (Å²) in [4.78, 5) is 15.8. The van der Waals surface area contributed by atoms with Crippen LogP contribution in [-0.4, -0.2) is 22.9 Å². The monoisotopic (exact) mass is 332 g/mol. The van der Waals surface area contributed by atoms with E-state index in [1.807, 2.05) is 17.7 Å². The molecular formula is C12H10Cl2N2OS2. The van der Waals surface area contributed by atoms with Crippen molar-refractivity contribution in [2.75, 3.05) is 17.3 Å². The molecule has 1 aromatic heterocycles.